The van der Waals surface area contributed by atoms with Crippen molar-refractivity contribution >= 4 is 23.2 Å². The van der Waals surface area contributed by atoms with Crippen LogP contribution >= 0.6 is 0 Å². The fraction of sp³-hybridized carbons (Fsp3) is 0.321. The lowest BCUT2D eigenvalue weighted by Gasteiger charge is -2.45. The van der Waals surface area contributed by atoms with Crippen molar-refractivity contribution < 1.29 is 0 Å². The molecule has 1 aromatic heterocycles. The van der Waals surface area contributed by atoms with Crippen LogP contribution in [0.4, 0.5) is 5.82 Å². The van der Waals surface area contributed by atoms with Crippen LogP contribution in [0.3, 0.4) is 0 Å². The molecule has 35 heavy (non-hydrogen) atoms. The van der Waals surface area contributed by atoms with Crippen LogP contribution in [0.15, 0.2) is 71.2 Å². The number of hydrogen-bond donors (Lipinski definition) is 2. The second-order valence-electron chi connectivity index (χ2n) is 10.1. The van der Waals surface area contributed by atoms with Crippen molar-refractivity contribution in [2.75, 3.05) is 26.2 Å². The van der Waals surface area contributed by atoms with E-state index in [-0.39, 0.29) is 11.5 Å². The Morgan fingerprint density at radius 3 is 2.60 bits per heavy atom. The minimum absolute atomic E-state index is 0.115. The predicted molar refractivity (Wildman–Crippen MR) is 139 cm³/mol. The number of benzene rings is 2. The van der Waals surface area contributed by atoms with Crippen molar-refractivity contribution in [1.82, 2.24) is 20.0 Å². The number of likely N-dealkylation sites (tertiary alicyclic amines) is 1. The first-order chi connectivity index (χ1) is 17.1. The molecule has 1 fully saturated rings. The van der Waals surface area contributed by atoms with Gasteiger partial charge < -0.3 is 10.6 Å². The zero-order valence-corrected chi connectivity index (χ0v) is 19.7. The summed E-state index contributed by atoms with van der Waals surface area (Å²) in [5, 5.41) is 7.80. The van der Waals surface area contributed by atoms with Gasteiger partial charge in [0.25, 0.3) is 0 Å². The number of aliphatic imine (C=N–C) groups is 2. The lowest BCUT2D eigenvalue weighted by atomic mass is 9.73. The van der Waals surface area contributed by atoms with Gasteiger partial charge in [0.2, 0.25) is 5.96 Å². The zero-order chi connectivity index (χ0) is 23.6. The first kappa shape index (κ1) is 20.6. The van der Waals surface area contributed by atoms with Crippen LogP contribution in [0.2, 0.25) is 0 Å². The molecule has 0 saturated carbocycles. The third kappa shape index (κ3) is 3.04. The molecule has 2 aromatic carbocycles. The maximum Gasteiger partial charge on any atom is 0.209 e. The van der Waals surface area contributed by atoms with Gasteiger partial charge in [-0.2, -0.15) is 10.1 Å². The van der Waals surface area contributed by atoms with E-state index in [1.165, 1.54) is 11.1 Å². The number of amidine groups is 1. The highest BCUT2D eigenvalue weighted by Crippen LogP contribution is 2.51. The predicted octanol–water partition coefficient (Wildman–Crippen LogP) is 3.87. The van der Waals surface area contributed by atoms with E-state index in [9.17, 15) is 0 Å². The Kier molecular flexibility index (Phi) is 4.51. The zero-order valence-electron chi connectivity index (χ0n) is 19.7. The number of piperidine rings is 1. The summed E-state index contributed by atoms with van der Waals surface area (Å²) in [5.74, 6) is 2.71. The number of guanidine groups is 1. The van der Waals surface area contributed by atoms with Gasteiger partial charge in [-0.25, -0.2) is 0 Å². The molecule has 0 unspecified atom stereocenters. The summed E-state index contributed by atoms with van der Waals surface area (Å²) in [6, 6.07) is 19.0. The molecular formula is C28H29N7. The first-order valence-corrected chi connectivity index (χ1v) is 12.5. The highest BCUT2D eigenvalue weighted by atomic mass is 15.4. The second kappa shape index (κ2) is 7.65. The quantitative estimate of drug-likeness (QED) is 0.604. The number of fused-ring (bicyclic) bond motifs is 4. The molecule has 1 saturated heterocycles. The highest BCUT2D eigenvalue weighted by Gasteiger charge is 2.47. The molecular weight excluding hydrogens is 434 g/mol. The maximum atomic E-state index is 6.81. The van der Waals surface area contributed by atoms with E-state index in [2.05, 4.69) is 63.0 Å². The van der Waals surface area contributed by atoms with Crippen molar-refractivity contribution in [2.45, 2.75) is 25.3 Å². The molecule has 3 N–H and O–H groups in total. The molecule has 0 amide bonds. The molecule has 7 rings (SSSR count). The van der Waals surface area contributed by atoms with Crippen molar-refractivity contribution in [3.63, 3.8) is 0 Å². The Bertz CT molecular complexity index is 1380. The van der Waals surface area contributed by atoms with E-state index in [0.717, 1.165) is 85.4 Å². The molecule has 0 radical (unpaired) electrons. The van der Waals surface area contributed by atoms with Gasteiger partial charge in [-0.1, -0.05) is 61.2 Å². The average Bonchev–Trinajstić information content (AvgIpc) is 3.61. The summed E-state index contributed by atoms with van der Waals surface area (Å²) in [7, 11) is 0. The molecule has 3 aromatic rings. The summed E-state index contributed by atoms with van der Waals surface area (Å²) in [6.07, 6.45) is 3.21. The minimum atomic E-state index is 0.115. The molecule has 1 spiro atoms. The lowest BCUT2D eigenvalue weighted by molar-refractivity contribution is 0.122. The van der Waals surface area contributed by atoms with Gasteiger partial charge >= 0.3 is 0 Å². The number of nitrogens with zero attached hydrogens (tertiary/aromatic N) is 5. The second-order valence-corrected chi connectivity index (χ2v) is 10.1. The Labute approximate surface area is 205 Å². The topological polar surface area (TPSA) is 85.9 Å². The third-order valence-corrected chi connectivity index (χ3v) is 8.31. The van der Waals surface area contributed by atoms with E-state index in [1.54, 1.807) is 0 Å². The average molecular weight is 464 g/mol. The van der Waals surface area contributed by atoms with Crippen LogP contribution in [0, 0.1) is 5.41 Å². The molecule has 0 bridgehead atoms. The Morgan fingerprint density at radius 2 is 1.80 bits per heavy atom. The van der Waals surface area contributed by atoms with Crippen LogP contribution < -0.4 is 5.73 Å². The largest absolute Gasteiger partial charge is 0.342 e. The van der Waals surface area contributed by atoms with Crippen LogP contribution in [0.25, 0.3) is 5.57 Å². The van der Waals surface area contributed by atoms with Crippen LogP contribution in [-0.4, -0.2) is 58.0 Å². The minimum Gasteiger partial charge on any atom is -0.342 e. The summed E-state index contributed by atoms with van der Waals surface area (Å²) >= 11 is 0. The van der Waals surface area contributed by atoms with Crippen molar-refractivity contribution in [1.29, 1.82) is 0 Å². The SMILES string of the molecule is C=C(c1ccccc1)c1n[nH]c2c1C1=NCCN1C(N1CCC3(CC1)Cc1ccccc1[C@H]3N)=N2. The Hall–Kier alpha value is -3.71. The van der Waals surface area contributed by atoms with Gasteiger partial charge in [-0.15, -0.1) is 0 Å². The van der Waals surface area contributed by atoms with E-state index < -0.39 is 0 Å². The van der Waals surface area contributed by atoms with Gasteiger partial charge in [0.1, 0.15) is 11.5 Å². The summed E-state index contributed by atoms with van der Waals surface area (Å²) in [5.41, 5.74) is 13.4. The monoisotopic (exact) mass is 463 g/mol. The van der Waals surface area contributed by atoms with Gasteiger partial charge in [0.05, 0.1) is 12.1 Å². The van der Waals surface area contributed by atoms with E-state index >= 15 is 0 Å². The molecule has 1 aliphatic carbocycles. The fourth-order valence-corrected chi connectivity index (χ4v) is 6.34. The summed E-state index contributed by atoms with van der Waals surface area (Å²) in [6.45, 7) is 7.81. The number of nitrogens with two attached hydrogens (primary N) is 1. The molecule has 7 heteroatoms. The van der Waals surface area contributed by atoms with Gasteiger partial charge in [0, 0.05) is 31.2 Å². The Morgan fingerprint density at radius 1 is 1.03 bits per heavy atom. The highest BCUT2D eigenvalue weighted by molar-refractivity contribution is 6.17. The lowest BCUT2D eigenvalue weighted by Crippen LogP contribution is -2.53. The third-order valence-electron chi connectivity index (χ3n) is 8.31. The van der Waals surface area contributed by atoms with E-state index in [1.807, 2.05) is 18.2 Å². The van der Waals surface area contributed by atoms with Crippen LogP contribution in [0.1, 0.15) is 46.8 Å². The normalized spacial score (nSPS) is 21.9. The number of hydrogen-bond acceptors (Lipinski definition) is 6. The number of aromatic nitrogens is 2. The number of nitrogens with one attached hydrogen (secondary N) is 1. The Balaban J connectivity index is 1.18. The molecule has 3 aliphatic heterocycles. The van der Waals surface area contributed by atoms with Crippen molar-refractivity contribution in [3.05, 3.63) is 89.1 Å². The van der Waals surface area contributed by atoms with Crippen molar-refractivity contribution in [2.24, 2.45) is 21.1 Å². The first-order valence-electron chi connectivity index (χ1n) is 12.5. The molecule has 176 valence electrons. The van der Waals surface area contributed by atoms with Gasteiger partial charge in [-0.05, 0) is 41.4 Å². The number of aromatic amines is 1. The summed E-state index contributed by atoms with van der Waals surface area (Å²) in [4.78, 5) is 14.6. The van der Waals surface area contributed by atoms with Gasteiger partial charge in [-0.3, -0.25) is 15.0 Å². The molecule has 4 aliphatic rings. The van der Waals surface area contributed by atoms with Crippen molar-refractivity contribution in [3.8, 4) is 0 Å². The maximum absolute atomic E-state index is 6.81. The van der Waals surface area contributed by atoms with Gasteiger partial charge in [0.15, 0.2) is 5.82 Å². The van der Waals surface area contributed by atoms with E-state index in [4.69, 9.17) is 15.7 Å². The number of H-pyrrole nitrogens is 1. The van der Waals surface area contributed by atoms with Crippen LogP contribution in [0.5, 0.6) is 0 Å². The summed E-state index contributed by atoms with van der Waals surface area (Å²) < 4.78 is 0. The smallest absolute Gasteiger partial charge is 0.209 e. The molecule has 4 heterocycles. The fourth-order valence-electron chi connectivity index (χ4n) is 6.34. The molecule has 7 nitrogen and oxygen atoms in total. The van der Waals surface area contributed by atoms with E-state index in [0.29, 0.717) is 0 Å². The van der Waals surface area contributed by atoms with Crippen LogP contribution in [-0.2, 0) is 6.42 Å². The molecule has 1 atom stereocenters. The number of rotatable bonds is 2. The standard InChI is InChI=1S/C28H29N7/c1-18(19-7-3-2-4-8-19)23-22-25(33-32-23)31-27(35-16-13-30-26(22)35)34-14-11-28(12-15-34)17-20-9-5-6-10-21(20)24(28)29/h2-10,24H,1,11-17,29H2,(H,32,33)/t24-/m1/s1.